The third kappa shape index (κ3) is 45.3. The lowest BCUT2D eigenvalue weighted by atomic mass is 10.1. The maximum absolute atomic E-state index is 12.4. The van der Waals surface area contributed by atoms with Crippen LogP contribution in [-0.2, 0) is 14.3 Å². The van der Waals surface area contributed by atoms with Gasteiger partial charge in [-0.2, -0.15) is 0 Å². The van der Waals surface area contributed by atoms with Crippen LogP contribution in [0.15, 0.2) is 48.6 Å². The smallest absolute Gasteiger partial charge is 0.305 e. The van der Waals surface area contributed by atoms with Crippen LogP contribution in [0.5, 0.6) is 0 Å². The van der Waals surface area contributed by atoms with Crippen molar-refractivity contribution in [2.24, 2.45) is 0 Å². The zero-order valence-electron chi connectivity index (χ0n) is 39.7. The van der Waals surface area contributed by atoms with Gasteiger partial charge in [0.2, 0.25) is 5.91 Å². The molecule has 0 aromatic rings. The first-order valence-corrected chi connectivity index (χ1v) is 25.9. The first kappa shape index (κ1) is 57.8. The van der Waals surface area contributed by atoms with Gasteiger partial charge in [-0.15, -0.1) is 0 Å². The number of ether oxygens (including phenoxy) is 1. The molecule has 0 fully saturated rings. The van der Waals surface area contributed by atoms with Crippen molar-refractivity contribution in [3.63, 3.8) is 0 Å². The molecule has 0 aromatic carbocycles. The standard InChI is InChI=1S/C54H99NO5/c1-3-5-7-9-11-13-14-15-16-17-18-19-22-25-28-32-36-40-44-48-54(59)60-49-45-41-37-33-29-26-23-20-21-24-27-31-35-39-43-47-53(58)55-51(50-56)52(57)46-42-38-34-30-12-10-8-6-4-2/h15-16,20,23,26,29,42,46,51-52,56-57H,3-14,17-19,21-22,24-25,27-28,30-41,43-45,47-50H2,1-2H3,(H,55,58)/b16-15-,23-20-,29-26-,46-42+. The van der Waals surface area contributed by atoms with Gasteiger partial charge in [0, 0.05) is 12.8 Å². The molecule has 0 aliphatic heterocycles. The van der Waals surface area contributed by atoms with Crippen molar-refractivity contribution < 1.29 is 24.5 Å². The summed E-state index contributed by atoms with van der Waals surface area (Å²) in [5, 5.41) is 22.9. The number of aliphatic hydroxyl groups excluding tert-OH is 2. The molecule has 0 aliphatic carbocycles. The summed E-state index contributed by atoms with van der Waals surface area (Å²) in [6, 6.07) is -0.643. The molecular weight excluding hydrogens is 743 g/mol. The van der Waals surface area contributed by atoms with Crippen LogP contribution < -0.4 is 5.32 Å². The number of allylic oxidation sites excluding steroid dienone is 7. The van der Waals surface area contributed by atoms with Crippen LogP contribution in [0.1, 0.15) is 258 Å². The van der Waals surface area contributed by atoms with E-state index in [-0.39, 0.29) is 18.5 Å². The van der Waals surface area contributed by atoms with Crippen LogP contribution in [0, 0.1) is 0 Å². The predicted octanol–water partition coefficient (Wildman–Crippen LogP) is 15.5. The van der Waals surface area contributed by atoms with Gasteiger partial charge in [0.15, 0.2) is 0 Å². The van der Waals surface area contributed by atoms with E-state index in [1.807, 2.05) is 6.08 Å². The molecule has 3 N–H and O–H groups in total. The summed E-state index contributed by atoms with van der Waals surface area (Å²) in [4.78, 5) is 24.4. The Bertz CT molecular complexity index is 1020. The molecule has 0 bridgehead atoms. The molecule has 0 saturated carbocycles. The molecule has 2 atom stereocenters. The molecular formula is C54H99NO5. The van der Waals surface area contributed by atoms with Gasteiger partial charge in [-0.1, -0.05) is 204 Å². The molecule has 6 nitrogen and oxygen atoms in total. The van der Waals surface area contributed by atoms with E-state index in [0.29, 0.717) is 19.4 Å². The Morgan fingerprint density at radius 2 is 0.833 bits per heavy atom. The Labute approximate surface area is 372 Å². The van der Waals surface area contributed by atoms with Crippen LogP contribution in [0.3, 0.4) is 0 Å². The highest BCUT2D eigenvalue weighted by molar-refractivity contribution is 5.76. The molecule has 0 rings (SSSR count). The quantitative estimate of drug-likeness (QED) is 0.0245. The Hall–Kier alpha value is -2.18. The molecule has 0 aromatic heterocycles. The molecule has 0 spiro atoms. The predicted molar refractivity (Wildman–Crippen MR) is 259 cm³/mol. The molecule has 0 saturated heterocycles. The van der Waals surface area contributed by atoms with E-state index < -0.39 is 12.1 Å². The summed E-state index contributed by atoms with van der Waals surface area (Å²) in [5.74, 6) is -0.119. The zero-order chi connectivity index (χ0) is 43.7. The summed E-state index contributed by atoms with van der Waals surface area (Å²) in [6.45, 7) is 4.80. The van der Waals surface area contributed by atoms with Crippen molar-refractivity contribution in [1.29, 1.82) is 0 Å². The second-order valence-electron chi connectivity index (χ2n) is 17.5. The number of amides is 1. The van der Waals surface area contributed by atoms with Crippen molar-refractivity contribution in [3.8, 4) is 0 Å². The average molecular weight is 842 g/mol. The summed E-state index contributed by atoms with van der Waals surface area (Å²) in [5.41, 5.74) is 0. The van der Waals surface area contributed by atoms with Crippen molar-refractivity contribution in [3.05, 3.63) is 48.6 Å². The third-order valence-electron chi connectivity index (χ3n) is 11.6. The van der Waals surface area contributed by atoms with Gasteiger partial charge in [-0.3, -0.25) is 9.59 Å². The molecule has 60 heavy (non-hydrogen) atoms. The normalized spacial score (nSPS) is 13.1. The number of carbonyl (C=O) groups excluding carboxylic acids is 2. The van der Waals surface area contributed by atoms with Crippen LogP contribution in [0.25, 0.3) is 0 Å². The zero-order valence-corrected chi connectivity index (χ0v) is 39.7. The highest BCUT2D eigenvalue weighted by Crippen LogP contribution is 2.14. The fourth-order valence-electron chi connectivity index (χ4n) is 7.56. The molecule has 2 unspecified atom stereocenters. The van der Waals surface area contributed by atoms with E-state index in [9.17, 15) is 19.8 Å². The Morgan fingerprint density at radius 3 is 1.28 bits per heavy atom. The van der Waals surface area contributed by atoms with Crippen molar-refractivity contribution in [2.75, 3.05) is 13.2 Å². The summed E-state index contributed by atoms with van der Waals surface area (Å²) in [7, 11) is 0. The van der Waals surface area contributed by atoms with E-state index in [1.54, 1.807) is 6.08 Å². The van der Waals surface area contributed by atoms with E-state index in [1.165, 1.54) is 154 Å². The molecule has 0 radical (unpaired) electrons. The number of rotatable bonds is 47. The van der Waals surface area contributed by atoms with Crippen molar-refractivity contribution >= 4 is 11.9 Å². The Balaban J connectivity index is 3.51. The summed E-state index contributed by atoms with van der Waals surface area (Å²) < 4.78 is 5.45. The molecule has 6 heteroatoms. The number of hydrogen-bond donors (Lipinski definition) is 3. The first-order valence-electron chi connectivity index (χ1n) is 25.9. The molecule has 0 aliphatic rings. The second-order valence-corrected chi connectivity index (χ2v) is 17.5. The van der Waals surface area contributed by atoms with Gasteiger partial charge >= 0.3 is 5.97 Å². The van der Waals surface area contributed by atoms with E-state index in [4.69, 9.17) is 4.74 Å². The van der Waals surface area contributed by atoms with Crippen LogP contribution >= 0.6 is 0 Å². The fourth-order valence-corrected chi connectivity index (χ4v) is 7.56. The minimum Gasteiger partial charge on any atom is -0.466 e. The minimum atomic E-state index is -0.857. The lowest BCUT2D eigenvalue weighted by molar-refractivity contribution is -0.143. The third-order valence-corrected chi connectivity index (χ3v) is 11.6. The summed E-state index contributed by atoms with van der Waals surface area (Å²) in [6.07, 6.45) is 61.2. The van der Waals surface area contributed by atoms with Crippen molar-refractivity contribution in [1.82, 2.24) is 5.32 Å². The highest BCUT2D eigenvalue weighted by atomic mass is 16.5. The van der Waals surface area contributed by atoms with Gasteiger partial charge in [0.25, 0.3) is 0 Å². The SMILES string of the molecule is CCCCCCCC/C=C\CCCCCCCCCCCC(=O)OCCCCC/C=C\C=C/CCCCCCCCC(=O)NC(CO)C(O)/C=C/CCCCCCCCC. The molecule has 350 valence electrons. The fraction of sp³-hybridized carbons (Fsp3) is 0.815. The van der Waals surface area contributed by atoms with Gasteiger partial charge in [0.1, 0.15) is 0 Å². The van der Waals surface area contributed by atoms with Crippen LogP contribution in [0.2, 0.25) is 0 Å². The van der Waals surface area contributed by atoms with E-state index >= 15 is 0 Å². The van der Waals surface area contributed by atoms with Gasteiger partial charge in [-0.25, -0.2) is 0 Å². The Kier molecular flexibility index (Phi) is 47.7. The van der Waals surface area contributed by atoms with Gasteiger partial charge in [0.05, 0.1) is 25.4 Å². The van der Waals surface area contributed by atoms with Crippen molar-refractivity contribution in [2.45, 2.75) is 270 Å². The monoisotopic (exact) mass is 842 g/mol. The van der Waals surface area contributed by atoms with Gasteiger partial charge < -0.3 is 20.3 Å². The largest absolute Gasteiger partial charge is 0.466 e. The van der Waals surface area contributed by atoms with Gasteiger partial charge in [-0.05, 0) is 89.9 Å². The maximum Gasteiger partial charge on any atom is 0.305 e. The number of esters is 1. The van der Waals surface area contributed by atoms with Crippen LogP contribution in [0.4, 0.5) is 0 Å². The lowest BCUT2D eigenvalue weighted by Gasteiger charge is -2.20. The van der Waals surface area contributed by atoms with E-state index in [0.717, 1.165) is 77.0 Å². The molecule has 0 heterocycles. The number of hydrogen-bond acceptors (Lipinski definition) is 5. The first-order chi connectivity index (χ1) is 29.5. The second kappa shape index (κ2) is 49.5. The highest BCUT2D eigenvalue weighted by Gasteiger charge is 2.18. The van der Waals surface area contributed by atoms with Crippen LogP contribution in [-0.4, -0.2) is 47.4 Å². The number of carbonyl (C=O) groups is 2. The number of nitrogens with one attached hydrogen (secondary N) is 1. The van der Waals surface area contributed by atoms with E-state index in [2.05, 4.69) is 55.6 Å². The average Bonchev–Trinajstić information content (AvgIpc) is 3.25. The number of unbranched alkanes of at least 4 members (excludes halogenated alkanes) is 31. The lowest BCUT2D eigenvalue weighted by Crippen LogP contribution is -2.45. The molecule has 1 amide bonds. The minimum absolute atomic E-state index is 0.0245. The maximum atomic E-state index is 12.4. The number of aliphatic hydroxyl groups is 2. The summed E-state index contributed by atoms with van der Waals surface area (Å²) >= 11 is 0. The topological polar surface area (TPSA) is 95.9 Å². The Morgan fingerprint density at radius 1 is 0.467 bits per heavy atom.